The molecule has 1 aromatic heterocycles. The Labute approximate surface area is 178 Å². The highest BCUT2D eigenvalue weighted by Crippen LogP contribution is 2.37. The van der Waals surface area contributed by atoms with E-state index in [0.717, 1.165) is 37.5 Å². The van der Waals surface area contributed by atoms with Gasteiger partial charge in [-0.25, -0.2) is 9.59 Å². The van der Waals surface area contributed by atoms with Gasteiger partial charge in [-0.15, -0.1) is 0 Å². The molecular formula is C22H26BrNO5. The summed E-state index contributed by atoms with van der Waals surface area (Å²) in [5, 5.41) is 0.834. The molecule has 0 aliphatic carbocycles. The highest BCUT2D eigenvalue weighted by atomic mass is 79.9. The predicted molar refractivity (Wildman–Crippen MR) is 113 cm³/mol. The van der Waals surface area contributed by atoms with Gasteiger partial charge >= 0.3 is 11.7 Å². The van der Waals surface area contributed by atoms with E-state index in [0.29, 0.717) is 15.8 Å². The number of ether oxygens (including phenoxy) is 2. The number of benzene rings is 1. The first-order valence-corrected chi connectivity index (χ1v) is 10.9. The average molecular weight is 464 g/mol. The molecule has 3 heterocycles. The number of fused-ring (bicyclic) bond motifs is 3. The van der Waals surface area contributed by atoms with Crippen LogP contribution in [0.4, 0.5) is 4.79 Å². The van der Waals surface area contributed by atoms with E-state index in [1.165, 1.54) is 0 Å². The fraction of sp³-hybridized carbons (Fsp3) is 0.545. The van der Waals surface area contributed by atoms with Crippen LogP contribution in [0.15, 0.2) is 37.9 Å². The summed E-state index contributed by atoms with van der Waals surface area (Å²) in [6.45, 7) is 5.69. The van der Waals surface area contributed by atoms with Crippen molar-refractivity contribution in [3.05, 3.63) is 39.2 Å². The van der Waals surface area contributed by atoms with Crippen LogP contribution < -0.4 is 10.4 Å². The van der Waals surface area contributed by atoms with Crippen molar-refractivity contribution in [2.45, 2.75) is 76.7 Å². The van der Waals surface area contributed by atoms with E-state index < -0.39 is 11.2 Å². The van der Waals surface area contributed by atoms with Gasteiger partial charge in [-0.1, -0.05) is 0 Å². The fourth-order valence-corrected chi connectivity index (χ4v) is 4.70. The zero-order chi connectivity index (χ0) is 20.8. The molecule has 2 aliphatic rings. The Morgan fingerprint density at radius 1 is 1.17 bits per heavy atom. The number of hydrogen-bond acceptors (Lipinski definition) is 5. The third kappa shape index (κ3) is 4.44. The SMILES string of the molecule is CC(C)(C)OC(=O)N1C2CCCC1CC(Oc1ccc3cc(Br)c(=O)oc3c1)C2. The molecule has 156 valence electrons. The molecule has 6 nitrogen and oxygen atoms in total. The molecule has 0 saturated carbocycles. The molecule has 0 spiro atoms. The summed E-state index contributed by atoms with van der Waals surface area (Å²) < 4.78 is 17.6. The summed E-state index contributed by atoms with van der Waals surface area (Å²) in [5.41, 5.74) is -0.403. The van der Waals surface area contributed by atoms with Crippen LogP contribution in [-0.4, -0.2) is 34.8 Å². The molecule has 2 aromatic rings. The van der Waals surface area contributed by atoms with E-state index >= 15 is 0 Å². The van der Waals surface area contributed by atoms with Crippen molar-refractivity contribution in [3.63, 3.8) is 0 Å². The van der Waals surface area contributed by atoms with Crippen molar-refractivity contribution >= 4 is 33.0 Å². The molecule has 1 amide bonds. The lowest BCUT2D eigenvalue weighted by Gasteiger charge is -2.48. The highest BCUT2D eigenvalue weighted by Gasteiger charge is 2.43. The van der Waals surface area contributed by atoms with E-state index in [-0.39, 0.29) is 24.3 Å². The third-order valence-electron chi connectivity index (χ3n) is 5.50. The van der Waals surface area contributed by atoms with E-state index in [1.54, 1.807) is 12.1 Å². The van der Waals surface area contributed by atoms with Gasteiger partial charge in [0.05, 0.1) is 0 Å². The fourth-order valence-electron chi connectivity index (χ4n) is 4.37. The van der Waals surface area contributed by atoms with Gasteiger partial charge in [-0.3, -0.25) is 0 Å². The molecule has 2 saturated heterocycles. The zero-order valence-corrected chi connectivity index (χ0v) is 18.5. The normalized spacial score (nSPS) is 24.4. The minimum Gasteiger partial charge on any atom is -0.490 e. The Kier molecular flexibility index (Phi) is 5.36. The molecule has 2 bridgehead atoms. The monoisotopic (exact) mass is 463 g/mol. The lowest BCUT2D eigenvalue weighted by atomic mass is 9.83. The molecule has 2 atom stereocenters. The summed E-state index contributed by atoms with van der Waals surface area (Å²) >= 11 is 3.20. The second kappa shape index (κ2) is 7.67. The minimum absolute atomic E-state index is 0.0172. The summed E-state index contributed by atoms with van der Waals surface area (Å²) in [7, 11) is 0. The maximum absolute atomic E-state index is 12.7. The highest BCUT2D eigenvalue weighted by molar-refractivity contribution is 9.10. The second-order valence-corrected chi connectivity index (χ2v) is 9.77. The molecule has 7 heteroatoms. The standard InChI is InChI=1S/C22H26BrNO5/c1-22(2,3)29-21(26)24-14-5-4-6-15(24)11-17(10-14)27-16-8-7-13-9-18(23)20(25)28-19(13)12-16/h7-9,12,14-15,17H,4-6,10-11H2,1-3H3. The molecule has 0 N–H and O–H groups in total. The van der Waals surface area contributed by atoms with E-state index in [2.05, 4.69) is 15.9 Å². The number of amides is 1. The third-order valence-corrected chi connectivity index (χ3v) is 6.06. The van der Waals surface area contributed by atoms with Crippen LogP contribution in [0.2, 0.25) is 0 Å². The van der Waals surface area contributed by atoms with Crippen LogP contribution in [-0.2, 0) is 4.74 Å². The first-order valence-electron chi connectivity index (χ1n) is 10.1. The number of carbonyl (C=O) groups is 1. The van der Waals surface area contributed by atoms with Gasteiger partial charge in [0.1, 0.15) is 27.5 Å². The maximum atomic E-state index is 12.7. The van der Waals surface area contributed by atoms with Gasteiger partial charge in [-0.2, -0.15) is 0 Å². The Morgan fingerprint density at radius 3 is 2.52 bits per heavy atom. The maximum Gasteiger partial charge on any atom is 0.410 e. The number of carbonyl (C=O) groups excluding carboxylic acids is 1. The van der Waals surface area contributed by atoms with Crippen LogP contribution in [0, 0.1) is 0 Å². The summed E-state index contributed by atoms with van der Waals surface area (Å²) in [4.78, 5) is 26.4. The quantitative estimate of drug-likeness (QED) is 0.568. The van der Waals surface area contributed by atoms with Crippen LogP contribution in [0.25, 0.3) is 11.0 Å². The largest absolute Gasteiger partial charge is 0.490 e. The van der Waals surface area contributed by atoms with Crippen LogP contribution in [0.1, 0.15) is 52.9 Å². The zero-order valence-electron chi connectivity index (χ0n) is 16.9. The Morgan fingerprint density at radius 2 is 1.86 bits per heavy atom. The van der Waals surface area contributed by atoms with Gasteiger partial charge in [0, 0.05) is 36.4 Å². The van der Waals surface area contributed by atoms with Gasteiger partial charge in [0.2, 0.25) is 0 Å². The van der Waals surface area contributed by atoms with Crippen molar-refractivity contribution in [1.82, 2.24) is 4.90 Å². The lowest BCUT2D eigenvalue weighted by Crippen LogP contribution is -2.57. The molecule has 2 unspecified atom stereocenters. The van der Waals surface area contributed by atoms with Gasteiger partial charge in [-0.05, 0) is 74.2 Å². The van der Waals surface area contributed by atoms with Crippen molar-refractivity contribution in [3.8, 4) is 5.75 Å². The second-order valence-electron chi connectivity index (χ2n) is 8.92. The van der Waals surface area contributed by atoms with E-state index in [9.17, 15) is 9.59 Å². The topological polar surface area (TPSA) is 69.0 Å². The van der Waals surface area contributed by atoms with Gasteiger partial charge in [0.15, 0.2) is 0 Å². The molecule has 0 radical (unpaired) electrons. The smallest absolute Gasteiger partial charge is 0.410 e. The average Bonchev–Trinajstić information content (AvgIpc) is 2.60. The van der Waals surface area contributed by atoms with Gasteiger partial charge < -0.3 is 18.8 Å². The van der Waals surface area contributed by atoms with Crippen molar-refractivity contribution < 1.29 is 18.7 Å². The number of halogens is 1. The Bertz CT molecular complexity index is 965. The first kappa shape index (κ1) is 20.3. The van der Waals surface area contributed by atoms with Crippen LogP contribution in [0.5, 0.6) is 5.75 Å². The Balaban J connectivity index is 1.49. The lowest BCUT2D eigenvalue weighted by molar-refractivity contribution is -0.0405. The summed E-state index contributed by atoms with van der Waals surface area (Å²) in [5.74, 6) is 0.678. The van der Waals surface area contributed by atoms with Crippen molar-refractivity contribution in [1.29, 1.82) is 0 Å². The molecule has 2 aliphatic heterocycles. The van der Waals surface area contributed by atoms with E-state index in [4.69, 9.17) is 13.9 Å². The molecule has 1 aromatic carbocycles. The molecule has 2 fully saturated rings. The number of hydrogen-bond donors (Lipinski definition) is 0. The Hall–Kier alpha value is -2.02. The van der Waals surface area contributed by atoms with E-state index in [1.807, 2.05) is 37.8 Å². The first-order chi connectivity index (χ1) is 13.7. The molecule has 29 heavy (non-hydrogen) atoms. The number of nitrogens with zero attached hydrogens (tertiary/aromatic N) is 1. The minimum atomic E-state index is -0.497. The number of piperidine rings is 2. The van der Waals surface area contributed by atoms with Crippen molar-refractivity contribution in [2.75, 3.05) is 0 Å². The summed E-state index contributed by atoms with van der Waals surface area (Å²) in [6.07, 6.45) is 4.41. The van der Waals surface area contributed by atoms with Crippen LogP contribution in [0.3, 0.4) is 0 Å². The summed E-state index contributed by atoms with van der Waals surface area (Å²) in [6, 6.07) is 7.56. The van der Waals surface area contributed by atoms with Gasteiger partial charge in [0.25, 0.3) is 0 Å². The molecule has 4 rings (SSSR count). The van der Waals surface area contributed by atoms with Crippen molar-refractivity contribution in [2.24, 2.45) is 0 Å². The van der Waals surface area contributed by atoms with Crippen LogP contribution >= 0.6 is 15.9 Å². The predicted octanol–water partition coefficient (Wildman–Crippen LogP) is 5.25. The molecular weight excluding hydrogens is 438 g/mol. The number of rotatable bonds is 2.